The molecule has 1 aromatic heterocycles. The van der Waals surface area contributed by atoms with Gasteiger partial charge in [-0.15, -0.1) is 0 Å². The van der Waals surface area contributed by atoms with Gasteiger partial charge in [0.15, 0.2) is 0 Å². The number of benzene rings is 1. The molecule has 1 N–H and O–H groups in total. The van der Waals surface area contributed by atoms with Gasteiger partial charge >= 0.3 is 0 Å². The van der Waals surface area contributed by atoms with Crippen LogP contribution in [0.3, 0.4) is 0 Å². The number of ether oxygens (including phenoxy) is 1. The van der Waals surface area contributed by atoms with Crippen LogP contribution in [0.25, 0.3) is 0 Å². The second-order valence-electron chi connectivity index (χ2n) is 6.55. The van der Waals surface area contributed by atoms with E-state index in [1.807, 2.05) is 13.0 Å². The number of halogens is 1. The van der Waals surface area contributed by atoms with Crippen LogP contribution in [0.15, 0.2) is 42.7 Å². The fraction of sp³-hybridized carbons (Fsp3) is 0.368. The molecule has 2 heterocycles. The van der Waals surface area contributed by atoms with Crippen LogP contribution in [0.5, 0.6) is 5.75 Å². The highest BCUT2D eigenvalue weighted by atomic mass is 35.5. The number of aryl methyl sites for hydroxylation is 1. The van der Waals surface area contributed by atoms with Crippen LogP contribution in [-0.2, 0) is 0 Å². The highest BCUT2D eigenvalue weighted by Crippen LogP contribution is 2.25. The molecule has 1 atom stereocenters. The van der Waals surface area contributed by atoms with Gasteiger partial charge in [-0.2, -0.15) is 0 Å². The molecule has 132 valence electrons. The number of aliphatic hydroxyl groups is 1. The zero-order chi connectivity index (χ0) is 17.9. The first kappa shape index (κ1) is 17.7. The lowest BCUT2D eigenvalue weighted by Gasteiger charge is -2.39. The molecular weight excluding hydrogens is 340 g/mol. The van der Waals surface area contributed by atoms with Gasteiger partial charge in [0.2, 0.25) is 0 Å². The van der Waals surface area contributed by atoms with Crippen molar-refractivity contribution in [2.45, 2.75) is 25.4 Å². The van der Waals surface area contributed by atoms with Crippen molar-refractivity contribution in [3.8, 4) is 5.75 Å². The second kappa shape index (κ2) is 7.42. The lowest BCUT2D eigenvalue weighted by molar-refractivity contribution is -0.0532. The molecule has 0 bridgehead atoms. The molecule has 1 aliphatic heterocycles. The number of carbonyl (C=O) groups is 1. The molecule has 6 heteroatoms. The number of nitrogens with zero attached hydrogens (tertiary/aromatic N) is 2. The number of hydrogen-bond donors (Lipinski definition) is 1. The summed E-state index contributed by atoms with van der Waals surface area (Å²) in [6, 6.07) is 8.86. The molecule has 2 aromatic rings. The molecular formula is C19H21ClN2O3. The smallest absolute Gasteiger partial charge is 0.255 e. The standard InChI is InChI=1S/C19H21ClN2O3/c1-14-8-15(11-21-10-14)18(23)22-7-3-6-19(24,12-22)13-25-17-5-2-4-16(20)9-17/h2,4-5,8-11,24H,3,6-7,12-13H2,1H3. The van der Waals surface area contributed by atoms with Crippen LogP contribution in [0.2, 0.25) is 5.02 Å². The Morgan fingerprint density at radius 2 is 2.24 bits per heavy atom. The molecule has 1 fully saturated rings. The number of aromatic nitrogens is 1. The summed E-state index contributed by atoms with van der Waals surface area (Å²) < 4.78 is 5.70. The number of pyridine rings is 1. The lowest BCUT2D eigenvalue weighted by atomic mass is 9.93. The minimum Gasteiger partial charge on any atom is -0.490 e. The van der Waals surface area contributed by atoms with E-state index in [4.69, 9.17) is 16.3 Å². The largest absolute Gasteiger partial charge is 0.490 e. The molecule has 1 amide bonds. The Bertz CT molecular complexity index is 768. The zero-order valence-corrected chi connectivity index (χ0v) is 14.9. The quantitative estimate of drug-likeness (QED) is 0.910. The van der Waals surface area contributed by atoms with Gasteiger partial charge in [0.1, 0.15) is 18.0 Å². The normalized spacial score (nSPS) is 20.4. The molecule has 0 spiro atoms. The number of piperidine rings is 1. The van der Waals surface area contributed by atoms with Crippen molar-refractivity contribution >= 4 is 17.5 Å². The third-order valence-electron chi connectivity index (χ3n) is 4.27. The average molecular weight is 361 g/mol. The van der Waals surface area contributed by atoms with Crippen LogP contribution >= 0.6 is 11.6 Å². The predicted molar refractivity (Wildman–Crippen MR) is 96.0 cm³/mol. The van der Waals surface area contributed by atoms with Crippen molar-refractivity contribution < 1.29 is 14.6 Å². The Hall–Kier alpha value is -2.11. The van der Waals surface area contributed by atoms with Gasteiger partial charge in [-0.1, -0.05) is 17.7 Å². The van der Waals surface area contributed by atoms with Crippen molar-refractivity contribution in [1.29, 1.82) is 0 Å². The van der Waals surface area contributed by atoms with E-state index < -0.39 is 5.60 Å². The molecule has 0 aliphatic carbocycles. The summed E-state index contributed by atoms with van der Waals surface area (Å²) >= 11 is 5.95. The Morgan fingerprint density at radius 3 is 3.00 bits per heavy atom. The van der Waals surface area contributed by atoms with Crippen LogP contribution in [0, 0.1) is 6.92 Å². The minimum atomic E-state index is -1.08. The maximum absolute atomic E-state index is 12.7. The number of rotatable bonds is 4. The van der Waals surface area contributed by atoms with Gasteiger partial charge in [-0.25, -0.2) is 0 Å². The Labute approximate surface area is 152 Å². The first-order valence-electron chi connectivity index (χ1n) is 8.27. The van der Waals surface area contributed by atoms with Crippen LogP contribution in [-0.4, -0.2) is 46.2 Å². The van der Waals surface area contributed by atoms with Gasteiger partial charge in [-0.3, -0.25) is 9.78 Å². The Kier molecular flexibility index (Phi) is 5.25. The topological polar surface area (TPSA) is 62.7 Å². The summed E-state index contributed by atoms with van der Waals surface area (Å²) in [4.78, 5) is 18.4. The fourth-order valence-electron chi connectivity index (χ4n) is 3.03. The fourth-order valence-corrected chi connectivity index (χ4v) is 3.21. The molecule has 0 saturated carbocycles. The first-order valence-corrected chi connectivity index (χ1v) is 8.65. The number of likely N-dealkylation sites (tertiary alicyclic amines) is 1. The zero-order valence-electron chi connectivity index (χ0n) is 14.1. The number of amides is 1. The molecule has 3 rings (SSSR count). The molecule has 25 heavy (non-hydrogen) atoms. The summed E-state index contributed by atoms with van der Waals surface area (Å²) in [5, 5.41) is 11.4. The van der Waals surface area contributed by atoms with Crippen molar-refractivity contribution in [2.24, 2.45) is 0 Å². The van der Waals surface area contributed by atoms with Crippen LogP contribution in [0.4, 0.5) is 0 Å². The van der Waals surface area contributed by atoms with Crippen LogP contribution < -0.4 is 4.74 Å². The Balaban J connectivity index is 1.66. The molecule has 1 unspecified atom stereocenters. The van der Waals surface area contributed by atoms with Gasteiger partial charge in [0, 0.05) is 24.0 Å². The van der Waals surface area contributed by atoms with Gasteiger partial charge in [0.05, 0.1) is 12.1 Å². The molecule has 5 nitrogen and oxygen atoms in total. The third kappa shape index (κ3) is 4.50. The number of hydrogen-bond acceptors (Lipinski definition) is 4. The van der Waals surface area contributed by atoms with E-state index in [2.05, 4.69) is 4.98 Å². The highest BCUT2D eigenvalue weighted by molar-refractivity contribution is 6.30. The molecule has 1 aromatic carbocycles. The SMILES string of the molecule is Cc1cncc(C(=O)N2CCCC(O)(COc3cccc(Cl)c3)C2)c1. The van der Waals surface area contributed by atoms with Crippen molar-refractivity contribution in [2.75, 3.05) is 19.7 Å². The van der Waals surface area contributed by atoms with Gasteiger partial charge in [-0.05, 0) is 49.6 Å². The van der Waals surface area contributed by atoms with E-state index >= 15 is 0 Å². The van der Waals surface area contributed by atoms with E-state index in [0.717, 1.165) is 12.0 Å². The maximum Gasteiger partial charge on any atom is 0.255 e. The Morgan fingerprint density at radius 1 is 1.40 bits per heavy atom. The molecule has 1 aliphatic rings. The van der Waals surface area contributed by atoms with Crippen LogP contribution in [0.1, 0.15) is 28.8 Å². The monoisotopic (exact) mass is 360 g/mol. The van der Waals surface area contributed by atoms with E-state index in [9.17, 15) is 9.90 Å². The summed E-state index contributed by atoms with van der Waals surface area (Å²) in [5.74, 6) is 0.490. The maximum atomic E-state index is 12.7. The average Bonchev–Trinajstić information content (AvgIpc) is 2.60. The van der Waals surface area contributed by atoms with E-state index in [-0.39, 0.29) is 19.1 Å². The lowest BCUT2D eigenvalue weighted by Crippen LogP contribution is -2.53. The van der Waals surface area contributed by atoms with E-state index in [1.165, 1.54) is 0 Å². The summed E-state index contributed by atoms with van der Waals surface area (Å²) in [6.07, 6.45) is 4.58. The number of carbonyl (C=O) groups excluding carboxylic acids is 1. The minimum absolute atomic E-state index is 0.114. The molecule has 1 saturated heterocycles. The molecule has 0 radical (unpaired) electrons. The third-order valence-corrected chi connectivity index (χ3v) is 4.50. The van der Waals surface area contributed by atoms with Gasteiger partial charge < -0.3 is 14.7 Å². The van der Waals surface area contributed by atoms with E-state index in [1.54, 1.807) is 41.6 Å². The summed E-state index contributed by atoms with van der Waals surface area (Å²) in [6.45, 7) is 2.87. The second-order valence-corrected chi connectivity index (χ2v) is 6.99. The van der Waals surface area contributed by atoms with Crippen molar-refractivity contribution in [1.82, 2.24) is 9.88 Å². The van der Waals surface area contributed by atoms with Crippen molar-refractivity contribution in [3.63, 3.8) is 0 Å². The van der Waals surface area contributed by atoms with Gasteiger partial charge in [0.25, 0.3) is 5.91 Å². The van der Waals surface area contributed by atoms with Crippen molar-refractivity contribution in [3.05, 3.63) is 58.9 Å². The summed E-state index contributed by atoms with van der Waals surface area (Å²) in [7, 11) is 0. The van der Waals surface area contributed by atoms with E-state index in [0.29, 0.717) is 29.3 Å². The highest BCUT2D eigenvalue weighted by Gasteiger charge is 2.36. The summed E-state index contributed by atoms with van der Waals surface area (Å²) in [5.41, 5.74) is 0.399. The first-order chi connectivity index (χ1) is 12.0. The predicted octanol–water partition coefficient (Wildman–Crippen LogP) is 3.09. The number of β-amino-alcohol motifs (C(OH)–C–C–N with tert-alkyl or cyclic N) is 1.